The monoisotopic (exact) mass is 198 g/mol. The zero-order chi connectivity index (χ0) is 10.0. The Kier molecular flexibility index (Phi) is 3.10. The van der Waals surface area contributed by atoms with Crippen LogP contribution in [0.25, 0.3) is 0 Å². The van der Waals surface area contributed by atoms with Gasteiger partial charge in [0.2, 0.25) is 0 Å². The van der Waals surface area contributed by atoms with E-state index >= 15 is 0 Å². The highest BCUT2D eigenvalue weighted by molar-refractivity contribution is 4.90. The van der Waals surface area contributed by atoms with E-state index < -0.39 is 0 Å². The summed E-state index contributed by atoms with van der Waals surface area (Å²) in [7, 11) is 0. The van der Waals surface area contributed by atoms with Gasteiger partial charge in [-0.2, -0.15) is 0 Å². The summed E-state index contributed by atoms with van der Waals surface area (Å²) in [5.41, 5.74) is 0.219. The normalized spacial score (nSPS) is 28.5. The van der Waals surface area contributed by atoms with Crippen LogP contribution in [0.5, 0.6) is 0 Å². The minimum Gasteiger partial charge on any atom is -0.360 e. The first-order valence-electron chi connectivity index (χ1n) is 5.81. The van der Waals surface area contributed by atoms with E-state index in [1.165, 1.54) is 32.4 Å². The number of rotatable bonds is 1. The van der Waals surface area contributed by atoms with E-state index in [4.69, 9.17) is 4.74 Å². The molecule has 82 valence electrons. The average Bonchev–Trinajstić information content (AvgIpc) is 2.19. The van der Waals surface area contributed by atoms with E-state index in [2.05, 4.69) is 24.1 Å². The molecule has 2 rings (SSSR count). The quantitative estimate of drug-likeness (QED) is 0.685. The summed E-state index contributed by atoms with van der Waals surface area (Å²) in [4.78, 5) is 2.55. The van der Waals surface area contributed by atoms with Gasteiger partial charge >= 0.3 is 0 Å². The zero-order valence-corrected chi connectivity index (χ0v) is 9.38. The maximum Gasteiger partial charge on any atom is 0.0972 e. The first-order chi connectivity index (χ1) is 6.72. The van der Waals surface area contributed by atoms with Crippen molar-refractivity contribution < 1.29 is 4.74 Å². The molecule has 0 saturated carbocycles. The van der Waals surface area contributed by atoms with Gasteiger partial charge in [-0.1, -0.05) is 0 Å². The van der Waals surface area contributed by atoms with E-state index in [0.717, 1.165) is 13.3 Å². The van der Waals surface area contributed by atoms with Crippen LogP contribution in [-0.4, -0.2) is 42.9 Å². The van der Waals surface area contributed by atoms with Gasteiger partial charge in [-0.05, 0) is 39.7 Å². The van der Waals surface area contributed by atoms with Crippen LogP contribution in [0.3, 0.4) is 0 Å². The van der Waals surface area contributed by atoms with Crippen molar-refractivity contribution >= 4 is 0 Å². The van der Waals surface area contributed by atoms with Crippen LogP contribution in [0.15, 0.2) is 0 Å². The van der Waals surface area contributed by atoms with Crippen LogP contribution in [-0.2, 0) is 4.74 Å². The van der Waals surface area contributed by atoms with Crippen LogP contribution in [0.1, 0.15) is 33.1 Å². The number of nitrogens with zero attached hydrogens (tertiary/aromatic N) is 1. The van der Waals surface area contributed by atoms with Gasteiger partial charge in [0.1, 0.15) is 0 Å². The molecule has 2 aliphatic rings. The molecular weight excluding hydrogens is 176 g/mol. The molecule has 2 saturated heterocycles. The third-order valence-corrected chi connectivity index (χ3v) is 3.68. The number of nitrogens with one attached hydrogen (secondary N) is 1. The van der Waals surface area contributed by atoms with Gasteiger partial charge in [-0.3, -0.25) is 5.32 Å². The van der Waals surface area contributed by atoms with E-state index in [-0.39, 0.29) is 5.60 Å². The van der Waals surface area contributed by atoms with Gasteiger partial charge in [-0.15, -0.1) is 0 Å². The molecule has 3 heteroatoms. The summed E-state index contributed by atoms with van der Waals surface area (Å²) in [6, 6.07) is 0.689. The molecule has 14 heavy (non-hydrogen) atoms. The summed E-state index contributed by atoms with van der Waals surface area (Å²) in [5, 5.41) is 3.25. The van der Waals surface area contributed by atoms with Crippen LogP contribution in [0.2, 0.25) is 0 Å². The SMILES string of the molecule is CC(C)N1CCC2(CCNCO2)CC1. The molecule has 1 N–H and O–H groups in total. The highest BCUT2D eigenvalue weighted by atomic mass is 16.5. The maximum atomic E-state index is 5.90. The second-order valence-electron chi connectivity index (χ2n) is 4.85. The fourth-order valence-corrected chi connectivity index (χ4v) is 2.51. The lowest BCUT2D eigenvalue weighted by atomic mass is 9.87. The van der Waals surface area contributed by atoms with Crippen LogP contribution in [0, 0.1) is 0 Å². The first-order valence-corrected chi connectivity index (χ1v) is 5.81. The molecule has 3 nitrogen and oxygen atoms in total. The van der Waals surface area contributed by atoms with Gasteiger partial charge in [0.25, 0.3) is 0 Å². The Labute approximate surface area is 86.8 Å². The molecule has 0 unspecified atom stereocenters. The van der Waals surface area contributed by atoms with Crippen LogP contribution in [0.4, 0.5) is 0 Å². The summed E-state index contributed by atoms with van der Waals surface area (Å²) < 4.78 is 5.90. The van der Waals surface area contributed by atoms with Crippen molar-refractivity contribution in [1.29, 1.82) is 0 Å². The van der Waals surface area contributed by atoms with Crippen molar-refractivity contribution in [2.24, 2.45) is 0 Å². The highest BCUT2D eigenvalue weighted by Gasteiger charge is 2.37. The Bertz CT molecular complexity index is 178. The second kappa shape index (κ2) is 4.17. The Hall–Kier alpha value is -0.120. The van der Waals surface area contributed by atoms with Crippen molar-refractivity contribution in [3.8, 4) is 0 Å². The molecule has 2 aliphatic heterocycles. The average molecular weight is 198 g/mol. The van der Waals surface area contributed by atoms with Crippen LogP contribution < -0.4 is 5.32 Å². The molecule has 0 amide bonds. The van der Waals surface area contributed by atoms with E-state index in [1.54, 1.807) is 0 Å². The minimum atomic E-state index is 0.219. The lowest BCUT2D eigenvalue weighted by molar-refractivity contribution is -0.118. The van der Waals surface area contributed by atoms with Gasteiger partial charge in [-0.25, -0.2) is 0 Å². The first kappa shape index (κ1) is 10.4. The summed E-state index contributed by atoms with van der Waals surface area (Å²) in [6.45, 7) is 8.85. The third kappa shape index (κ3) is 2.10. The Morgan fingerprint density at radius 3 is 2.43 bits per heavy atom. The van der Waals surface area contributed by atoms with Gasteiger partial charge in [0, 0.05) is 19.1 Å². The fourth-order valence-electron chi connectivity index (χ4n) is 2.51. The van der Waals surface area contributed by atoms with Crippen molar-refractivity contribution in [3.05, 3.63) is 0 Å². The second-order valence-corrected chi connectivity index (χ2v) is 4.85. The van der Waals surface area contributed by atoms with Gasteiger partial charge in [0.05, 0.1) is 12.3 Å². The number of hydrogen-bond acceptors (Lipinski definition) is 3. The lowest BCUT2D eigenvalue weighted by Crippen LogP contribution is -2.52. The number of likely N-dealkylation sites (tertiary alicyclic amines) is 1. The van der Waals surface area contributed by atoms with E-state index in [0.29, 0.717) is 6.04 Å². The molecular formula is C11H22N2O. The molecule has 0 bridgehead atoms. The molecule has 0 aromatic heterocycles. The Morgan fingerprint density at radius 2 is 1.93 bits per heavy atom. The zero-order valence-electron chi connectivity index (χ0n) is 9.38. The molecule has 0 aromatic carbocycles. The number of ether oxygens (including phenoxy) is 1. The highest BCUT2D eigenvalue weighted by Crippen LogP contribution is 2.31. The van der Waals surface area contributed by atoms with E-state index in [1.807, 2.05) is 0 Å². The molecule has 0 aromatic rings. The minimum absolute atomic E-state index is 0.219. The van der Waals surface area contributed by atoms with Crippen molar-refractivity contribution in [3.63, 3.8) is 0 Å². The van der Waals surface area contributed by atoms with Crippen LogP contribution >= 0.6 is 0 Å². The fraction of sp³-hybridized carbons (Fsp3) is 1.00. The largest absolute Gasteiger partial charge is 0.360 e. The standard InChI is InChI=1S/C11H22N2O/c1-10(2)13-7-4-11(5-8-13)3-6-12-9-14-11/h10,12H,3-9H2,1-2H3. The smallest absolute Gasteiger partial charge is 0.0972 e. The predicted octanol–water partition coefficient (Wildman–Crippen LogP) is 1.20. The van der Waals surface area contributed by atoms with Crippen molar-refractivity contribution in [1.82, 2.24) is 10.2 Å². The summed E-state index contributed by atoms with van der Waals surface area (Å²) >= 11 is 0. The number of piperidine rings is 1. The number of hydrogen-bond donors (Lipinski definition) is 1. The van der Waals surface area contributed by atoms with E-state index in [9.17, 15) is 0 Å². The molecule has 0 atom stereocenters. The Morgan fingerprint density at radius 1 is 1.21 bits per heavy atom. The molecule has 0 aliphatic carbocycles. The van der Waals surface area contributed by atoms with Crippen molar-refractivity contribution in [2.45, 2.75) is 44.8 Å². The predicted molar refractivity (Wildman–Crippen MR) is 57.2 cm³/mol. The van der Waals surface area contributed by atoms with Crippen molar-refractivity contribution in [2.75, 3.05) is 26.4 Å². The molecule has 2 heterocycles. The van der Waals surface area contributed by atoms with Gasteiger partial charge in [0.15, 0.2) is 0 Å². The lowest BCUT2D eigenvalue weighted by Gasteiger charge is -2.45. The van der Waals surface area contributed by atoms with Gasteiger partial charge < -0.3 is 9.64 Å². The summed E-state index contributed by atoms with van der Waals surface area (Å²) in [6.07, 6.45) is 3.62. The molecule has 0 radical (unpaired) electrons. The summed E-state index contributed by atoms with van der Waals surface area (Å²) in [5.74, 6) is 0. The third-order valence-electron chi connectivity index (χ3n) is 3.68. The molecule has 1 spiro atoms. The molecule has 2 fully saturated rings. The Balaban J connectivity index is 1.87. The topological polar surface area (TPSA) is 24.5 Å². The maximum absolute atomic E-state index is 5.90.